The molecular formula is C13H15N5O. The molecule has 0 aliphatic carbocycles. The third kappa shape index (κ3) is 3.26. The second-order valence-electron chi connectivity index (χ2n) is 3.94. The molecule has 6 nitrogen and oxygen atoms in total. The van der Waals surface area contributed by atoms with Gasteiger partial charge in [-0.05, 0) is 24.1 Å². The minimum Gasteiger partial charge on any atom is -0.321 e. The number of nitrogens with one attached hydrogen (secondary N) is 2. The van der Waals surface area contributed by atoms with Crippen molar-refractivity contribution in [1.82, 2.24) is 9.97 Å². The van der Waals surface area contributed by atoms with Crippen molar-refractivity contribution in [1.29, 1.82) is 0 Å². The Morgan fingerprint density at radius 2 is 1.95 bits per heavy atom. The second-order valence-corrected chi connectivity index (χ2v) is 3.94. The normalized spacial score (nSPS) is 10.0. The van der Waals surface area contributed by atoms with E-state index in [-0.39, 0.29) is 11.6 Å². The first kappa shape index (κ1) is 13.0. The van der Waals surface area contributed by atoms with E-state index in [0.717, 1.165) is 12.1 Å². The Morgan fingerprint density at radius 3 is 2.47 bits per heavy atom. The molecule has 6 heteroatoms. The molecule has 0 saturated heterocycles. The summed E-state index contributed by atoms with van der Waals surface area (Å²) in [6.07, 6.45) is 3.73. The molecule has 0 aliphatic heterocycles. The van der Waals surface area contributed by atoms with Crippen LogP contribution in [0.4, 0.5) is 11.5 Å². The van der Waals surface area contributed by atoms with Crippen molar-refractivity contribution in [3.05, 3.63) is 47.9 Å². The van der Waals surface area contributed by atoms with Crippen LogP contribution < -0.4 is 16.6 Å². The molecule has 2 aromatic rings. The molecule has 1 aromatic heterocycles. The van der Waals surface area contributed by atoms with Crippen LogP contribution in [0.3, 0.4) is 0 Å². The van der Waals surface area contributed by atoms with Gasteiger partial charge in [-0.3, -0.25) is 4.79 Å². The standard InChI is InChI=1S/C13H15N5O/c1-2-9-3-5-10(6-4-9)17-13(19)11-7-16-12(18-14)8-15-11/h3-8H,2,14H2,1H3,(H,16,18)(H,17,19). The Kier molecular flexibility index (Phi) is 4.04. The average Bonchev–Trinajstić information content (AvgIpc) is 2.48. The van der Waals surface area contributed by atoms with Gasteiger partial charge in [0, 0.05) is 5.69 Å². The number of carbonyl (C=O) groups excluding carboxylic acids is 1. The Morgan fingerprint density at radius 1 is 1.21 bits per heavy atom. The highest BCUT2D eigenvalue weighted by atomic mass is 16.1. The number of amides is 1. The smallest absolute Gasteiger partial charge is 0.275 e. The van der Waals surface area contributed by atoms with Gasteiger partial charge >= 0.3 is 0 Å². The fourth-order valence-electron chi connectivity index (χ4n) is 1.54. The Labute approximate surface area is 111 Å². The molecule has 0 fully saturated rings. The van der Waals surface area contributed by atoms with E-state index in [4.69, 9.17) is 5.84 Å². The molecule has 0 spiro atoms. The molecular weight excluding hydrogens is 242 g/mol. The van der Waals surface area contributed by atoms with Gasteiger partial charge in [-0.25, -0.2) is 15.8 Å². The van der Waals surface area contributed by atoms with E-state index in [1.54, 1.807) is 0 Å². The third-order valence-corrected chi connectivity index (χ3v) is 2.65. The van der Waals surface area contributed by atoms with Gasteiger partial charge in [0.15, 0.2) is 5.82 Å². The van der Waals surface area contributed by atoms with Crippen molar-refractivity contribution in [2.75, 3.05) is 10.7 Å². The molecule has 0 unspecified atom stereocenters. The van der Waals surface area contributed by atoms with Gasteiger partial charge in [0.2, 0.25) is 0 Å². The van der Waals surface area contributed by atoms with E-state index < -0.39 is 0 Å². The maximum absolute atomic E-state index is 11.9. The van der Waals surface area contributed by atoms with Gasteiger partial charge in [0.05, 0.1) is 12.4 Å². The summed E-state index contributed by atoms with van der Waals surface area (Å²) in [5, 5.41) is 2.75. The summed E-state index contributed by atoms with van der Waals surface area (Å²) in [6.45, 7) is 2.08. The minimum atomic E-state index is -0.305. The van der Waals surface area contributed by atoms with E-state index in [2.05, 4.69) is 27.6 Å². The first-order chi connectivity index (χ1) is 9.22. The number of benzene rings is 1. The van der Waals surface area contributed by atoms with Gasteiger partial charge in [-0.2, -0.15) is 0 Å². The number of hydrogen-bond donors (Lipinski definition) is 3. The Balaban J connectivity index is 2.06. The lowest BCUT2D eigenvalue weighted by Crippen LogP contribution is -2.15. The van der Waals surface area contributed by atoms with Crippen molar-refractivity contribution in [3.63, 3.8) is 0 Å². The maximum atomic E-state index is 11.9. The number of aryl methyl sites for hydroxylation is 1. The number of carbonyl (C=O) groups is 1. The molecule has 98 valence electrons. The molecule has 1 aromatic carbocycles. The van der Waals surface area contributed by atoms with Crippen molar-refractivity contribution in [2.45, 2.75) is 13.3 Å². The van der Waals surface area contributed by atoms with E-state index >= 15 is 0 Å². The summed E-state index contributed by atoms with van der Waals surface area (Å²) in [5.74, 6) is 5.27. The third-order valence-electron chi connectivity index (χ3n) is 2.65. The predicted octanol–water partition coefficient (Wildman–Crippen LogP) is 1.58. The van der Waals surface area contributed by atoms with Crippen LogP contribution in [0, 0.1) is 0 Å². The van der Waals surface area contributed by atoms with Crippen LogP contribution in [-0.2, 0) is 6.42 Å². The number of nitrogens with zero attached hydrogens (tertiary/aromatic N) is 2. The van der Waals surface area contributed by atoms with Crippen LogP contribution in [-0.4, -0.2) is 15.9 Å². The largest absolute Gasteiger partial charge is 0.321 e. The van der Waals surface area contributed by atoms with E-state index in [9.17, 15) is 4.79 Å². The molecule has 1 heterocycles. The van der Waals surface area contributed by atoms with Crippen molar-refractivity contribution in [3.8, 4) is 0 Å². The fourth-order valence-corrected chi connectivity index (χ4v) is 1.54. The molecule has 1 amide bonds. The molecule has 2 rings (SSSR count). The molecule has 0 bridgehead atoms. The summed E-state index contributed by atoms with van der Waals surface area (Å²) in [7, 11) is 0. The second kappa shape index (κ2) is 5.92. The molecule has 0 saturated carbocycles. The van der Waals surface area contributed by atoms with Crippen molar-refractivity contribution >= 4 is 17.4 Å². The molecule has 0 atom stereocenters. The van der Waals surface area contributed by atoms with Gasteiger partial charge < -0.3 is 10.7 Å². The van der Waals surface area contributed by atoms with E-state index in [0.29, 0.717) is 5.82 Å². The van der Waals surface area contributed by atoms with Crippen LogP contribution in [0.5, 0.6) is 0 Å². The Bertz CT molecular complexity index is 550. The van der Waals surface area contributed by atoms with E-state index in [1.807, 2.05) is 24.3 Å². The SMILES string of the molecule is CCc1ccc(NC(=O)c2cnc(NN)cn2)cc1. The fraction of sp³-hybridized carbons (Fsp3) is 0.154. The summed E-state index contributed by atoms with van der Waals surface area (Å²) in [6, 6.07) is 7.67. The molecule has 0 aliphatic rings. The highest BCUT2D eigenvalue weighted by molar-refractivity contribution is 6.02. The minimum absolute atomic E-state index is 0.235. The summed E-state index contributed by atoms with van der Waals surface area (Å²) in [4.78, 5) is 19.8. The van der Waals surface area contributed by atoms with Gasteiger partial charge in [-0.1, -0.05) is 19.1 Å². The van der Waals surface area contributed by atoms with E-state index in [1.165, 1.54) is 18.0 Å². The average molecular weight is 257 g/mol. The zero-order valence-corrected chi connectivity index (χ0v) is 10.6. The zero-order valence-electron chi connectivity index (χ0n) is 10.6. The number of nitrogen functional groups attached to an aromatic ring is 1. The van der Waals surface area contributed by atoms with Gasteiger partial charge in [0.25, 0.3) is 5.91 Å². The van der Waals surface area contributed by atoms with Crippen molar-refractivity contribution < 1.29 is 4.79 Å². The Hall–Kier alpha value is -2.47. The van der Waals surface area contributed by atoms with Crippen LogP contribution in [0.25, 0.3) is 0 Å². The quantitative estimate of drug-likeness (QED) is 0.571. The van der Waals surface area contributed by atoms with Crippen LogP contribution in [0.1, 0.15) is 23.0 Å². The first-order valence-electron chi connectivity index (χ1n) is 5.92. The predicted molar refractivity (Wildman–Crippen MR) is 73.6 cm³/mol. The lowest BCUT2D eigenvalue weighted by molar-refractivity contribution is 0.102. The number of anilines is 2. The van der Waals surface area contributed by atoms with Crippen LogP contribution in [0.2, 0.25) is 0 Å². The molecule has 19 heavy (non-hydrogen) atoms. The number of hydrogen-bond acceptors (Lipinski definition) is 5. The summed E-state index contributed by atoms with van der Waals surface area (Å²) in [5.41, 5.74) is 4.53. The van der Waals surface area contributed by atoms with Gasteiger partial charge in [-0.15, -0.1) is 0 Å². The molecule has 4 N–H and O–H groups in total. The lowest BCUT2D eigenvalue weighted by atomic mass is 10.1. The topological polar surface area (TPSA) is 92.9 Å². The monoisotopic (exact) mass is 257 g/mol. The highest BCUT2D eigenvalue weighted by Gasteiger charge is 2.08. The molecule has 0 radical (unpaired) electrons. The summed E-state index contributed by atoms with van der Waals surface area (Å²) < 4.78 is 0. The maximum Gasteiger partial charge on any atom is 0.275 e. The summed E-state index contributed by atoms with van der Waals surface area (Å²) >= 11 is 0. The van der Waals surface area contributed by atoms with Gasteiger partial charge in [0.1, 0.15) is 5.69 Å². The lowest BCUT2D eigenvalue weighted by Gasteiger charge is -2.05. The number of hydrazine groups is 1. The first-order valence-corrected chi connectivity index (χ1v) is 5.92. The van der Waals surface area contributed by atoms with Crippen molar-refractivity contribution in [2.24, 2.45) is 5.84 Å². The number of aromatic nitrogens is 2. The highest BCUT2D eigenvalue weighted by Crippen LogP contribution is 2.11. The van der Waals surface area contributed by atoms with Crippen LogP contribution in [0.15, 0.2) is 36.7 Å². The number of rotatable bonds is 4. The number of nitrogens with two attached hydrogens (primary N) is 1. The zero-order chi connectivity index (χ0) is 13.7. The van der Waals surface area contributed by atoms with Crippen LogP contribution >= 0.6 is 0 Å².